The third-order valence-corrected chi connectivity index (χ3v) is 10.2. The van der Waals surface area contributed by atoms with Gasteiger partial charge in [0.25, 0.3) is 0 Å². The number of anilines is 1. The summed E-state index contributed by atoms with van der Waals surface area (Å²) >= 11 is 0. The van der Waals surface area contributed by atoms with Crippen molar-refractivity contribution in [3.05, 3.63) is 42.6 Å². The van der Waals surface area contributed by atoms with Crippen LogP contribution < -0.4 is 5.12 Å². The largest absolute Gasteiger partial charge is 0.184 e. The number of rotatable bonds is 7. The second-order valence-electron chi connectivity index (χ2n) is 6.57. The van der Waals surface area contributed by atoms with Crippen molar-refractivity contribution in [2.24, 2.45) is 0 Å². The van der Waals surface area contributed by atoms with Crippen molar-refractivity contribution >= 4 is 18.9 Å². The summed E-state index contributed by atoms with van der Waals surface area (Å²) in [4.78, 5) is 0. The molecule has 0 aliphatic rings. The molecule has 0 aliphatic carbocycles. The van der Waals surface area contributed by atoms with Gasteiger partial charge in [-0.1, -0.05) is 57.0 Å². The monoisotopic (exact) mass is 309 g/mol. The summed E-state index contributed by atoms with van der Waals surface area (Å²) in [5.41, 5.74) is 1.58. The summed E-state index contributed by atoms with van der Waals surface area (Å²) in [6.45, 7) is 13.7. The molecule has 0 aliphatic heterocycles. The Morgan fingerprint density at radius 3 is 2.29 bits per heavy atom. The first-order valence-electron chi connectivity index (χ1n) is 7.55. The van der Waals surface area contributed by atoms with E-state index in [1.165, 1.54) is 0 Å². The Morgan fingerprint density at radius 2 is 1.86 bits per heavy atom. The highest BCUT2D eigenvalue weighted by molar-refractivity contribution is 7.75. The molecular formula is C18H29FNP. The summed E-state index contributed by atoms with van der Waals surface area (Å²) < 4.78 is 14.5. The number of allylic oxidation sites excluding steroid dienone is 1. The maximum absolute atomic E-state index is 14.5. The van der Waals surface area contributed by atoms with Gasteiger partial charge in [-0.3, -0.25) is 0 Å². The standard InChI is InChI=1S/C18H29FNP/c1-8-18(5,21(6,7)15(2)3)14-16(4)20(19)17-12-10-9-11-13-17/h9-13,15H,4,6,8,14H2,1-3,5,7H3. The van der Waals surface area contributed by atoms with E-state index in [0.29, 0.717) is 28.6 Å². The molecule has 0 amide bonds. The van der Waals surface area contributed by atoms with Gasteiger partial charge in [-0.25, -0.2) is 0 Å². The van der Waals surface area contributed by atoms with Crippen LogP contribution in [0.3, 0.4) is 0 Å². The van der Waals surface area contributed by atoms with Gasteiger partial charge in [-0.2, -0.15) is 5.12 Å². The first-order valence-corrected chi connectivity index (χ1v) is 10.0. The second-order valence-corrected chi connectivity index (χ2v) is 11.2. The maximum Gasteiger partial charge on any atom is 0.0742 e. The zero-order valence-electron chi connectivity index (χ0n) is 14.1. The van der Waals surface area contributed by atoms with Crippen LogP contribution in [-0.4, -0.2) is 23.8 Å². The van der Waals surface area contributed by atoms with Gasteiger partial charge in [-0.05, 0) is 42.5 Å². The van der Waals surface area contributed by atoms with E-state index in [1.54, 1.807) is 12.1 Å². The van der Waals surface area contributed by atoms with E-state index in [0.717, 1.165) is 6.42 Å². The van der Waals surface area contributed by atoms with E-state index in [2.05, 4.69) is 47.2 Å². The molecule has 0 radical (unpaired) electrons. The lowest BCUT2D eigenvalue weighted by Gasteiger charge is -2.44. The molecule has 118 valence electrons. The fourth-order valence-corrected chi connectivity index (χ4v) is 5.05. The third-order valence-electron chi connectivity index (χ3n) is 4.98. The van der Waals surface area contributed by atoms with E-state index in [-0.39, 0.29) is 5.16 Å². The van der Waals surface area contributed by atoms with Gasteiger partial charge in [0, 0.05) is 5.70 Å². The zero-order valence-corrected chi connectivity index (χ0v) is 15.0. The molecule has 0 fully saturated rings. The lowest BCUT2D eigenvalue weighted by atomic mass is 10.0. The Balaban J connectivity index is 2.97. The molecule has 2 atom stereocenters. The smallest absolute Gasteiger partial charge is 0.0742 e. The van der Waals surface area contributed by atoms with Crippen molar-refractivity contribution < 1.29 is 4.48 Å². The first kappa shape index (κ1) is 18.0. The van der Waals surface area contributed by atoms with Gasteiger partial charge in [0.05, 0.1) is 5.69 Å². The van der Waals surface area contributed by atoms with Crippen LogP contribution in [0.15, 0.2) is 42.6 Å². The molecule has 21 heavy (non-hydrogen) atoms. The number of benzene rings is 1. The van der Waals surface area contributed by atoms with Gasteiger partial charge in [0.2, 0.25) is 0 Å². The molecule has 0 saturated heterocycles. The van der Waals surface area contributed by atoms with Crippen LogP contribution in [0.25, 0.3) is 0 Å². The minimum absolute atomic E-state index is 0.0113. The molecule has 0 N–H and O–H groups in total. The van der Waals surface area contributed by atoms with Crippen LogP contribution in [0, 0.1) is 0 Å². The summed E-state index contributed by atoms with van der Waals surface area (Å²) in [5.74, 6) is 0. The van der Waals surface area contributed by atoms with Crippen LogP contribution in [0.5, 0.6) is 0 Å². The van der Waals surface area contributed by atoms with Crippen molar-refractivity contribution in [2.45, 2.75) is 51.4 Å². The molecule has 1 nitrogen and oxygen atoms in total. The number of halogens is 1. The predicted molar refractivity (Wildman–Crippen MR) is 97.6 cm³/mol. The Hall–Kier alpha value is -1.01. The summed E-state index contributed by atoms with van der Waals surface area (Å²) in [5, 5.41) is 0.728. The molecule has 0 bridgehead atoms. The number of para-hydroxylation sites is 1. The topological polar surface area (TPSA) is 3.24 Å². The quantitative estimate of drug-likeness (QED) is 0.445. The third kappa shape index (κ3) is 3.80. The van der Waals surface area contributed by atoms with Crippen molar-refractivity contribution in [3.8, 4) is 0 Å². The number of hydrogen-bond donors (Lipinski definition) is 0. The molecule has 0 aromatic heterocycles. The van der Waals surface area contributed by atoms with Crippen molar-refractivity contribution in [3.63, 3.8) is 0 Å². The van der Waals surface area contributed by atoms with Gasteiger partial charge in [-0.15, -0.1) is 13.2 Å². The fourth-order valence-electron chi connectivity index (χ4n) is 2.54. The SMILES string of the molecule is C=C(CC(C)(CC)P(=C)(C)C(C)C)N(F)c1ccccc1. The van der Waals surface area contributed by atoms with Gasteiger partial charge in [0.15, 0.2) is 0 Å². The number of nitrogens with zero attached hydrogens (tertiary/aromatic N) is 1. The molecule has 1 aromatic carbocycles. The Labute approximate surface area is 129 Å². The minimum Gasteiger partial charge on any atom is -0.184 e. The van der Waals surface area contributed by atoms with Crippen molar-refractivity contribution in [1.82, 2.24) is 0 Å². The lowest BCUT2D eigenvalue weighted by Crippen LogP contribution is -2.30. The highest BCUT2D eigenvalue weighted by atomic mass is 31.2. The summed E-state index contributed by atoms with van der Waals surface area (Å²) in [6, 6.07) is 9.07. The molecule has 3 heteroatoms. The van der Waals surface area contributed by atoms with Crippen LogP contribution in [-0.2, 0) is 0 Å². The van der Waals surface area contributed by atoms with Crippen LogP contribution in [0.2, 0.25) is 0 Å². The zero-order chi connectivity index (χ0) is 16.3. The molecule has 0 heterocycles. The highest BCUT2D eigenvalue weighted by Gasteiger charge is 2.36. The van der Waals surface area contributed by atoms with Crippen LogP contribution >= 0.6 is 6.89 Å². The lowest BCUT2D eigenvalue weighted by molar-refractivity contribution is 0.452. The second kappa shape index (κ2) is 6.83. The molecular weight excluding hydrogens is 280 g/mol. The highest BCUT2D eigenvalue weighted by Crippen LogP contribution is 2.62. The number of hydrogen-bond acceptors (Lipinski definition) is 1. The van der Waals surface area contributed by atoms with E-state index in [9.17, 15) is 4.48 Å². The first-order chi connectivity index (χ1) is 9.65. The molecule has 2 unspecified atom stereocenters. The van der Waals surface area contributed by atoms with Crippen LogP contribution in [0.4, 0.5) is 10.2 Å². The Morgan fingerprint density at radius 1 is 1.33 bits per heavy atom. The van der Waals surface area contributed by atoms with Crippen LogP contribution in [0.1, 0.15) is 40.5 Å². The van der Waals surface area contributed by atoms with Crippen molar-refractivity contribution in [1.29, 1.82) is 0 Å². The van der Waals surface area contributed by atoms with E-state index >= 15 is 0 Å². The minimum atomic E-state index is -1.43. The fraction of sp³-hybridized carbons (Fsp3) is 0.500. The molecule has 0 saturated carbocycles. The Bertz CT molecular complexity index is 523. The Kier molecular flexibility index (Phi) is 5.87. The molecule has 0 spiro atoms. The van der Waals surface area contributed by atoms with E-state index < -0.39 is 6.89 Å². The van der Waals surface area contributed by atoms with E-state index in [1.807, 2.05) is 18.2 Å². The van der Waals surface area contributed by atoms with E-state index in [4.69, 9.17) is 0 Å². The normalized spacial score (nSPS) is 17.1. The summed E-state index contributed by atoms with van der Waals surface area (Å²) in [6.07, 6.45) is 6.15. The summed E-state index contributed by atoms with van der Waals surface area (Å²) in [7, 11) is 0. The van der Waals surface area contributed by atoms with Gasteiger partial charge >= 0.3 is 0 Å². The average Bonchev–Trinajstić information content (AvgIpc) is 2.46. The average molecular weight is 309 g/mol. The predicted octanol–water partition coefficient (Wildman–Crippen LogP) is 5.94. The maximum atomic E-state index is 14.5. The molecule has 1 rings (SSSR count). The van der Waals surface area contributed by atoms with Gasteiger partial charge in [0.1, 0.15) is 0 Å². The molecule has 1 aromatic rings. The van der Waals surface area contributed by atoms with Crippen molar-refractivity contribution in [2.75, 3.05) is 11.8 Å². The van der Waals surface area contributed by atoms with Gasteiger partial charge < -0.3 is 0 Å².